The molecule has 1 unspecified atom stereocenters. The Balaban J connectivity index is 1.07. The van der Waals surface area contributed by atoms with Crippen molar-refractivity contribution in [2.45, 2.75) is 51.4 Å². The molecule has 0 radical (unpaired) electrons. The lowest BCUT2D eigenvalue weighted by Crippen LogP contribution is -2.16. The maximum atomic E-state index is 11.7. The Kier molecular flexibility index (Phi) is 9.08. The summed E-state index contributed by atoms with van der Waals surface area (Å²) in [7, 11) is 0. The van der Waals surface area contributed by atoms with Crippen LogP contribution in [0.15, 0.2) is 176 Å². The number of aromatic nitrogens is 4. The van der Waals surface area contributed by atoms with Gasteiger partial charge in [0.25, 0.3) is 0 Å². The number of hydrogen-bond acceptors (Lipinski definition) is 4. The Labute approximate surface area is 362 Å². The van der Waals surface area contributed by atoms with E-state index in [2.05, 4.69) is 135 Å². The Morgan fingerprint density at radius 2 is 1.27 bits per heavy atom. The third kappa shape index (κ3) is 6.10. The molecule has 300 valence electrons. The topological polar surface area (TPSA) is 63.8 Å². The summed E-state index contributed by atoms with van der Waals surface area (Å²) in [6.07, 6.45) is 9.19. The predicted octanol–water partition coefficient (Wildman–Crippen LogP) is 14.2. The second kappa shape index (κ2) is 15.0. The number of benzene rings is 7. The Hall–Kier alpha value is -7.37. The second-order valence-corrected chi connectivity index (χ2v) is 17.1. The number of aromatic hydroxyl groups is 1. The molecule has 5 heteroatoms. The van der Waals surface area contributed by atoms with Gasteiger partial charge in [0.15, 0.2) is 11.6 Å². The minimum atomic E-state index is -0.145. The molecule has 0 fully saturated rings. The molecule has 0 saturated heterocycles. The van der Waals surface area contributed by atoms with Gasteiger partial charge in [-0.05, 0) is 82.1 Å². The molecular formula is C57H46N4O. The fourth-order valence-corrected chi connectivity index (χ4v) is 10.0. The van der Waals surface area contributed by atoms with Crippen molar-refractivity contribution in [2.24, 2.45) is 0 Å². The summed E-state index contributed by atoms with van der Waals surface area (Å²) < 4.78 is 2.47. The number of nitrogens with zero attached hydrogens (tertiary/aromatic N) is 4. The Bertz CT molecular complexity index is 3270. The summed E-state index contributed by atoms with van der Waals surface area (Å²) in [5.41, 5.74) is 15.3. The van der Waals surface area contributed by atoms with Crippen LogP contribution in [0.1, 0.15) is 62.0 Å². The first-order valence-corrected chi connectivity index (χ1v) is 21.8. The average molecular weight is 803 g/mol. The first kappa shape index (κ1) is 37.6. The Morgan fingerprint density at radius 1 is 0.581 bits per heavy atom. The number of phenols is 1. The van der Waals surface area contributed by atoms with E-state index in [4.69, 9.17) is 15.0 Å². The standard InChI is InChI=1S/C57H46N4O/c1-4-18-38-33-39(31-32-40(38)44-27-17-26-41(53(44)62)36-19-7-5-8-20-36)55-58-54(37-21-9-6-10-22-37)59-56(60-55)45-25-13-16-30-51(45)61-50-29-15-12-24-43(50)47-34-46-42-23-11-14-28-48(42)57(2,3)49(46)35-52(47)61/h5-17,19-24,26-35,45,62H,4,18,25H2,1-3H3. The molecule has 2 heterocycles. The van der Waals surface area contributed by atoms with Gasteiger partial charge >= 0.3 is 0 Å². The molecule has 11 rings (SSSR count). The smallest absolute Gasteiger partial charge is 0.163 e. The van der Waals surface area contributed by atoms with Crippen molar-refractivity contribution in [2.75, 3.05) is 0 Å². The molecule has 2 aromatic heterocycles. The highest BCUT2D eigenvalue weighted by molar-refractivity contribution is 6.12. The van der Waals surface area contributed by atoms with Crippen molar-refractivity contribution >= 4 is 27.5 Å². The maximum Gasteiger partial charge on any atom is 0.163 e. The van der Waals surface area contributed by atoms with Crippen molar-refractivity contribution in [3.63, 3.8) is 0 Å². The van der Waals surface area contributed by atoms with E-state index in [1.165, 1.54) is 44.1 Å². The summed E-state index contributed by atoms with van der Waals surface area (Å²) in [6.45, 7) is 6.89. The summed E-state index contributed by atoms with van der Waals surface area (Å²) in [6, 6.07) is 55.3. The normalized spacial score (nSPS) is 15.1. The van der Waals surface area contributed by atoms with Crippen molar-refractivity contribution in [3.05, 3.63) is 198 Å². The molecule has 0 bridgehead atoms. The van der Waals surface area contributed by atoms with Crippen LogP contribution in [0.4, 0.5) is 0 Å². The van der Waals surface area contributed by atoms with Crippen LogP contribution in [-0.2, 0) is 11.8 Å². The maximum absolute atomic E-state index is 11.7. The molecule has 0 saturated carbocycles. The van der Waals surface area contributed by atoms with Crippen LogP contribution < -0.4 is 0 Å². The number of fused-ring (bicyclic) bond motifs is 6. The molecule has 9 aromatic rings. The monoisotopic (exact) mass is 802 g/mol. The molecule has 2 aliphatic rings. The average Bonchev–Trinajstić information content (AvgIpc) is 3.76. The number of allylic oxidation sites excluding steroid dienone is 4. The molecule has 0 spiro atoms. The molecule has 0 aliphatic heterocycles. The van der Waals surface area contributed by atoms with Crippen molar-refractivity contribution in [1.29, 1.82) is 0 Å². The van der Waals surface area contributed by atoms with E-state index >= 15 is 0 Å². The highest BCUT2D eigenvalue weighted by Gasteiger charge is 2.37. The van der Waals surface area contributed by atoms with Crippen LogP contribution in [0.25, 0.3) is 83.7 Å². The molecule has 62 heavy (non-hydrogen) atoms. The van der Waals surface area contributed by atoms with E-state index in [-0.39, 0.29) is 17.1 Å². The van der Waals surface area contributed by atoms with E-state index in [1.54, 1.807) is 0 Å². The van der Waals surface area contributed by atoms with Crippen molar-refractivity contribution in [3.8, 4) is 61.9 Å². The lowest BCUT2D eigenvalue weighted by Gasteiger charge is -2.25. The highest BCUT2D eigenvalue weighted by Crippen LogP contribution is 2.52. The number of rotatable bonds is 8. The van der Waals surface area contributed by atoms with E-state index in [9.17, 15) is 5.11 Å². The molecular weight excluding hydrogens is 757 g/mol. The number of aryl methyl sites for hydroxylation is 1. The van der Waals surface area contributed by atoms with Crippen molar-refractivity contribution in [1.82, 2.24) is 19.5 Å². The zero-order chi connectivity index (χ0) is 42.0. The quantitative estimate of drug-likeness (QED) is 0.166. The fourth-order valence-electron chi connectivity index (χ4n) is 10.0. The van der Waals surface area contributed by atoms with Gasteiger partial charge < -0.3 is 9.67 Å². The van der Waals surface area contributed by atoms with Crippen LogP contribution in [0, 0.1) is 0 Å². The molecule has 7 aromatic carbocycles. The lowest BCUT2D eigenvalue weighted by molar-refractivity contribution is 0.479. The zero-order valence-corrected chi connectivity index (χ0v) is 35.2. The number of phenolic OH excluding ortho intramolecular Hbond substituents is 1. The van der Waals surface area contributed by atoms with E-state index in [0.717, 1.165) is 69.7 Å². The van der Waals surface area contributed by atoms with Gasteiger partial charge in [-0.1, -0.05) is 173 Å². The van der Waals surface area contributed by atoms with Gasteiger partial charge in [0, 0.05) is 44.1 Å². The van der Waals surface area contributed by atoms with Crippen LogP contribution >= 0.6 is 0 Å². The van der Waals surface area contributed by atoms with Crippen LogP contribution in [0.5, 0.6) is 5.75 Å². The fraction of sp³-hybridized carbons (Fsp3) is 0.140. The summed E-state index contributed by atoms with van der Waals surface area (Å²) >= 11 is 0. The third-order valence-corrected chi connectivity index (χ3v) is 13.1. The van der Waals surface area contributed by atoms with Crippen LogP contribution in [0.2, 0.25) is 0 Å². The summed E-state index contributed by atoms with van der Waals surface area (Å²) in [5, 5.41) is 14.2. The molecule has 2 aliphatic carbocycles. The molecule has 0 amide bonds. The van der Waals surface area contributed by atoms with E-state index in [1.807, 2.05) is 66.7 Å². The molecule has 5 nitrogen and oxygen atoms in total. The van der Waals surface area contributed by atoms with Gasteiger partial charge in [0.2, 0.25) is 0 Å². The Morgan fingerprint density at radius 3 is 2.08 bits per heavy atom. The van der Waals surface area contributed by atoms with Gasteiger partial charge in [0.1, 0.15) is 11.6 Å². The number of para-hydroxylation sites is 2. The van der Waals surface area contributed by atoms with Gasteiger partial charge in [-0.15, -0.1) is 0 Å². The van der Waals surface area contributed by atoms with Crippen LogP contribution in [-0.4, -0.2) is 24.6 Å². The van der Waals surface area contributed by atoms with Gasteiger partial charge in [0.05, 0.1) is 17.0 Å². The largest absolute Gasteiger partial charge is 0.507 e. The van der Waals surface area contributed by atoms with E-state index in [0.29, 0.717) is 11.6 Å². The highest BCUT2D eigenvalue weighted by atomic mass is 16.3. The minimum absolute atomic E-state index is 0.134. The summed E-state index contributed by atoms with van der Waals surface area (Å²) in [5.74, 6) is 2.15. The predicted molar refractivity (Wildman–Crippen MR) is 255 cm³/mol. The molecule has 1 N–H and O–H groups in total. The minimum Gasteiger partial charge on any atom is -0.507 e. The lowest BCUT2D eigenvalue weighted by atomic mass is 9.82. The van der Waals surface area contributed by atoms with Gasteiger partial charge in [-0.25, -0.2) is 15.0 Å². The van der Waals surface area contributed by atoms with Gasteiger partial charge in [-0.3, -0.25) is 0 Å². The first-order valence-electron chi connectivity index (χ1n) is 21.8. The van der Waals surface area contributed by atoms with Crippen molar-refractivity contribution < 1.29 is 5.11 Å². The number of hydrogen-bond donors (Lipinski definition) is 1. The van der Waals surface area contributed by atoms with Crippen LogP contribution in [0.3, 0.4) is 0 Å². The molecule has 1 atom stereocenters. The summed E-state index contributed by atoms with van der Waals surface area (Å²) in [4.78, 5) is 15.9. The first-order chi connectivity index (χ1) is 30.4. The third-order valence-electron chi connectivity index (χ3n) is 13.1. The zero-order valence-electron chi connectivity index (χ0n) is 35.2. The van der Waals surface area contributed by atoms with E-state index < -0.39 is 0 Å². The van der Waals surface area contributed by atoms with Gasteiger partial charge in [-0.2, -0.15) is 0 Å². The second-order valence-electron chi connectivity index (χ2n) is 17.1. The SMILES string of the molecule is CCCc1cc(-c2nc(-c3ccccc3)nc(C3CC=CC=C3n3c4ccccc4c4cc5c(cc43)C(C)(C)c3ccccc3-5)n2)ccc1-c1cccc(-c2ccccc2)c1O.